The van der Waals surface area contributed by atoms with E-state index in [0.29, 0.717) is 25.4 Å². The summed E-state index contributed by atoms with van der Waals surface area (Å²) in [5, 5.41) is 13.5. The average molecular weight is 296 g/mol. The van der Waals surface area contributed by atoms with Gasteiger partial charge in [-0.25, -0.2) is 0 Å². The third-order valence-corrected chi connectivity index (χ3v) is 5.70. The van der Waals surface area contributed by atoms with Crippen LogP contribution in [0.4, 0.5) is 0 Å². The second-order valence-corrected chi connectivity index (χ2v) is 7.63. The Morgan fingerprint density at radius 1 is 1.19 bits per heavy atom. The SMILES string of the molecule is CC1CCC(O)(CNC(=O)CC2(CN)CCCCC2)CC1. The lowest BCUT2D eigenvalue weighted by atomic mass is 9.71. The molecular formula is C17H32N2O2. The summed E-state index contributed by atoms with van der Waals surface area (Å²) in [5.74, 6) is 0.762. The summed E-state index contributed by atoms with van der Waals surface area (Å²) < 4.78 is 0. The lowest BCUT2D eigenvalue weighted by Crippen LogP contribution is -2.47. The van der Waals surface area contributed by atoms with Crippen LogP contribution in [0.2, 0.25) is 0 Å². The number of carbonyl (C=O) groups is 1. The Kier molecular flexibility index (Phi) is 5.67. The summed E-state index contributed by atoms with van der Waals surface area (Å²) in [7, 11) is 0. The van der Waals surface area contributed by atoms with Gasteiger partial charge in [0.05, 0.1) is 5.60 Å². The smallest absolute Gasteiger partial charge is 0.220 e. The number of amides is 1. The van der Waals surface area contributed by atoms with Gasteiger partial charge in [-0.3, -0.25) is 4.79 Å². The molecule has 21 heavy (non-hydrogen) atoms. The highest BCUT2D eigenvalue weighted by atomic mass is 16.3. The molecule has 0 bridgehead atoms. The number of hydrogen-bond donors (Lipinski definition) is 3. The molecule has 0 aromatic carbocycles. The van der Waals surface area contributed by atoms with Gasteiger partial charge < -0.3 is 16.2 Å². The van der Waals surface area contributed by atoms with Gasteiger partial charge in [0.25, 0.3) is 0 Å². The van der Waals surface area contributed by atoms with Crippen LogP contribution >= 0.6 is 0 Å². The van der Waals surface area contributed by atoms with Crippen LogP contribution in [0.5, 0.6) is 0 Å². The highest BCUT2D eigenvalue weighted by Gasteiger charge is 2.35. The fourth-order valence-corrected chi connectivity index (χ4v) is 3.90. The Bertz CT molecular complexity index is 343. The summed E-state index contributed by atoms with van der Waals surface area (Å²) in [6, 6.07) is 0. The first-order valence-corrected chi connectivity index (χ1v) is 8.66. The summed E-state index contributed by atoms with van der Waals surface area (Å²) in [4.78, 5) is 12.2. The molecule has 0 saturated heterocycles. The van der Waals surface area contributed by atoms with E-state index < -0.39 is 5.60 Å². The van der Waals surface area contributed by atoms with Gasteiger partial charge in [-0.2, -0.15) is 0 Å². The van der Waals surface area contributed by atoms with Crippen LogP contribution in [0, 0.1) is 11.3 Å². The molecule has 0 unspecified atom stereocenters. The summed E-state index contributed by atoms with van der Waals surface area (Å²) in [6.07, 6.45) is 10.0. The fraction of sp³-hybridized carbons (Fsp3) is 0.941. The third kappa shape index (κ3) is 4.68. The molecule has 1 amide bonds. The van der Waals surface area contributed by atoms with Crippen LogP contribution in [0.25, 0.3) is 0 Å². The van der Waals surface area contributed by atoms with Gasteiger partial charge in [0.15, 0.2) is 0 Å². The lowest BCUT2D eigenvalue weighted by Gasteiger charge is -2.37. The predicted molar refractivity (Wildman–Crippen MR) is 84.8 cm³/mol. The van der Waals surface area contributed by atoms with Crippen molar-refractivity contribution >= 4 is 5.91 Å². The average Bonchev–Trinajstić information content (AvgIpc) is 2.50. The van der Waals surface area contributed by atoms with E-state index in [4.69, 9.17) is 5.73 Å². The van der Waals surface area contributed by atoms with E-state index in [9.17, 15) is 9.90 Å². The molecule has 122 valence electrons. The van der Waals surface area contributed by atoms with Gasteiger partial charge in [-0.15, -0.1) is 0 Å². The van der Waals surface area contributed by atoms with Crippen LogP contribution in [-0.2, 0) is 4.79 Å². The van der Waals surface area contributed by atoms with Crippen LogP contribution in [0.15, 0.2) is 0 Å². The van der Waals surface area contributed by atoms with E-state index in [1.807, 2.05) is 0 Å². The number of aliphatic hydroxyl groups is 1. The van der Waals surface area contributed by atoms with Gasteiger partial charge in [-0.1, -0.05) is 26.2 Å². The van der Waals surface area contributed by atoms with Crippen molar-refractivity contribution in [2.45, 2.75) is 76.7 Å². The molecule has 0 aliphatic heterocycles. The summed E-state index contributed by atoms with van der Waals surface area (Å²) >= 11 is 0. The molecule has 0 aromatic heterocycles. The fourth-order valence-electron chi connectivity index (χ4n) is 3.90. The molecule has 4 N–H and O–H groups in total. The molecule has 2 rings (SSSR count). The number of hydrogen-bond acceptors (Lipinski definition) is 3. The van der Waals surface area contributed by atoms with Crippen molar-refractivity contribution in [3.05, 3.63) is 0 Å². The molecule has 4 heteroatoms. The normalized spacial score (nSPS) is 32.6. The molecule has 0 aromatic rings. The maximum atomic E-state index is 12.2. The quantitative estimate of drug-likeness (QED) is 0.729. The van der Waals surface area contributed by atoms with E-state index in [2.05, 4.69) is 12.2 Å². The topological polar surface area (TPSA) is 75.3 Å². The van der Waals surface area contributed by atoms with Crippen LogP contribution in [0.3, 0.4) is 0 Å². The Balaban J connectivity index is 1.78. The van der Waals surface area contributed by atoms with E-state index >= 15 is 0 Å². The summed E-state index contributed by atoms with van der Waals surface area (Å²) in [5.41, 5.74) is 5.25. The molecule has 0 heterocycles. The second kappa shape index (κ2) is 7.10. The maximum absolute atomic E-state index is 12.2. The first kappa shape index (κ1) is 16.8. The van der Waals surface area contributed by atoms with Crippen LogP contribution in [0.1, 0.15) is 71.1 Å². The first-order valence-electron chi connectivity index (χ1n) is 8.66. The van der Waals surface area contributed by atoms with Gasteiger partial charge in [0, 0.05) is 13.0 Å². The Hall–Kier alpha value is -0.610. The summed E-state index contributed by atoms with van der Waals surface area (Å²) in [6.45, 7) is 3.23. The highest BCUT2D eigenvalue weighted by molar-refractivity contribution is 5.76. The largest absolute Gasteiger partial charge is 0.388 e. The number of nitrogens with one attached hydrogen (secondary N) is 1. The number of rotatable bonds is 5. The van der Waals surface area contributed by atoms with E-state index in [-0.39, 0.29) is 11.3 Å². The molecular weight excluding hydrogens is 264 g/mol. The van der Waals surface area contributed by atoms with Crippen molar-refractivity contribution in [3.63, 3.8) is 0 Å². The zero-order valence-electron chi connectivity index (χ0n) is 13.5. The van der Waals surface area contributed by atoms with Crippen molar-refractivity contribution < 1.29 is 9.90 Å². The van der Waals surface area contributed by atoms with Crippen molar-refractivity contribution in [2.24, 2.45) is 17.1 Å². The number of carbonyl (C=O) groups excluding carboxylic acids is 1. The van der Waals surface area contributed by atoms with Gasteiger partial charge in [0.2, 0.25) is 5.91 Å². The molecule has 0 atom stereocenters. The minimum absolute atomic E-state index is 0.00598. The van der Waals surface area contributed by atoms with E-state index in [0.717, 1.165) is 38.5 Å². The molecule has 0 spiro atoms. The van der Waals surface area contributed by atoms with Crippen LogP contribution < -0.4 is 11.1 Å². The minimum Gasteiger partial charge on any atom is -0.388 e. The third-order valence-electron chi connectivity index (χ3n) is 5.70. The zero-order valence-corrected chi connectivity index (χ0v) is 13.5. The Morgan fingerprint density at radius 2 is 1.81 bits per heavy atom. The standard InChI is InChI=1S/C17H32N2O2/c1-14-5-9-17(21,10-6-14)13-19-15(20)11-16(12-18)7-3-2-4-8-16/h14,21H,2-13,18H2,1H3,(H,19,20). The first-order chi connectivity index (χ1) is 9.97. The van der Waals surface area contributed by atoms with Gasteiger partial charge >= 0.3 is 0 Å². The lowest BCUT2D eigenvalue weighted by molar-refractivity contribution is -0.125. The van der Waals surface area contributed by atoms with Crippen molar-refractivity contribution in [2.75, 3.05) is 13.1 Å². The van der Waals surface area contributed by atoms with Crippen molar-refractivity contribution in [1.29, 1.82) is 0 Å². The Labute approximate surface area is 128 Å². The zero-order chi connectivity index (χ0) is 15.3. The van der Waals surface area contributed by atoms with Gasteiger partial charge in [-0.05, 0) is 56.4 Å². The predicted octanol–water partition coefficient (Wildman–Crippen LogP) is 2.34. The molecule has 2 aliphatic rings. The minimum atomic E-state index is -0.690. The van der Waals surface area contributed by atoms with E-state index in [1.165, 1.54) is 19.3 Å². The monoisotopic (exact) mass is 296 g/mol. The van der Waals surface area contributed by atoms with Gasteiger partial charge in [0.1, 0.15) is 0 Å². The van der Waals surface area contributed by atoms with Crippen LogP contribution in [-0.4, -0.2) is 29.7 Å². The molecule has 2 aliphatic carbocycles. The van der Waals surface area contributed by atoms with Crippen molar-refractivity contribution in [3.8, 4) is 0 Å². The Morgan fingerprint density at radius 3 is 2.38 bits per heavy atom. The molecule has 2 saturated carbocycles. The highest BCUT2D eigenvalue weighted by Crippen LogP contribution is 2.38. The van der Waals surface area contributed by atoms with Crippen molar-refractivity contribution in [1.82, 2.24) is 5.32 Å². The maximum Gasteiger partial charge on any atom is 0.220 e. The molecule has 0 radical (unpaired) electrons. The number of nitrogens with two attached hydrogens (primary N) is 1. The van der Waals surface area contributed by atoms with E-state index in [1.54, 1.807) is 0 Å². The second-order valence-electron chi connectivity index (χ2n) is 7.63. The molecule has 4 nitrogen and oxygen atoms in total. The molecule has 2 fully saturated rings.